The molecule has 1 heterocycles. The van der Waals surface area contributed by atoms with Gasteiger partial charge < -0.3 is 9.84 Å². The minimum Gasteiger partial charge on any atom is -0.505 e. The average molecular weight is 226 g/mol. The number of hydrogen-bond donors (Lipinski definition) is 2. The summed E-state index contributed by atoms with van der Waals surface area (Å²) < 4.78 is 7.01. The maximum atomic E-state index is 9.61. The lowest BCUT2D eigenvalue weighted by Gasteiger charge is -2.01. The molecule has 0 aliphatic carbocycles. The molecule has 1 N–H and O–H groups in total. The summed E-state index contributed by atoms with van der Waals surface area (Å²) in [6.45, 7) is 2.59. The van der Waals surface area contributed by atoms with E-state index in [0.717, 1.165) is 15.8 Å². The van der Waals surface area contributed by atoms with Crippen LogP contribution >= 0.6 is 24.0 Å². The van der Waals surface area contributed by atoms with Crippen molar-refractivity contribution in [2.45, 2.75) is 11.1 Å². The maximum absolute atomic E-state index is 9.61. The van der Waals surface area contributed by atoms with Crippen molar-refractivity contribution in [3.05, 3.63) is 18.2 Å². The van der Waals surface area contributed by atoms with E-state index in [4.69, 9.17) is 4.74 Å². The Kier molecular flexibility index (Phi) is 2.56. The lowest BCUT2D eigenvalue weighted by atomic mass is 10.2. The van der Waals surface area contributed by atoms with E-state index in [-0.39, 0.29) is 5.75 Å². The van der Waals surface area contributed by atoms with E-state index in [0.29, 0.717) is 10.8 Å². The Morgan fingerprint density at radius 3 is 3.00 bits per heavy atom. The van der Waals surface area contributed by atoms with Gasteiger partial charge in [0.15, 0.2) is 0 Å². The topological polar surface area (TPSA) is 29.5 Å². The van der Waals surface area contributed by atoms with E-state index in [2.05, 4.69) is 12.6 Å². The van der Waals surface area contributed by atoms with Crippen LogP contribution in [-0.2, 0) is 0 Å². The zero-order chi connectivity index (χ0) is 10.1. The maximum Gasteiger partial charge on any atom is 0.147 e. The predicted octanol–water partition coefficient (Wildman–Crippen LogP) is 3.29. The molecule has 0 bridgehead atoms. The number of thiol groups is 1. The smallest absolute Gasteiger partial charge is 0.147 e. The van der Waals surface area contributed by atoms with Crippen LogP contribution in [0.2, 0.25) is 0 Å². The number of hydrogen-bond acceptors (Lipinski definition) is 4. The van der Waals surface area contributed by atoms with Crippen molar-refractivity contribution in [1.29, 1.82) is 0 Å². The van der Waals surface area contributed by atoms with Gasteiger partial charge in [0.1, 0.15) is 11.5 Å². The van der Waals surface area contributed by atoms with Crippen molar-refractivity contribution in [3.8, 4) is 11.5 Å². The summed E-state index contributed by atoms with van der Waals surface area (Å²) in [6.07, 6.45) is 0. The molecule has 14 heavy (non-hydrogen) atoms. The zero-order valence-electron chi connectivity index (χ0n) is 7.65. The number of fused-ring (bicyclic) bond motifs is 1. The Bertz CT molecular complexity index is 462. The van der Waals surface area contributed by atoms with Gasteiger partial charge in [-0.25, -0.2) is 0 Å². The van der Waals surface area contributed by atoms with Crippen LogP contribution < -0.4 is 4.74 Å². The molecule has 0 spiro atoms. The lowest BCUT2D eigenvalue weighted by Crippen LogP contribution is -1.89. The van der Waals surface area contributed by atoms with E-state index < -0.39 is 0 Å². The van der Waals surface area contributed by atoms with Gasteiger partial charge in [0, 0.05) is 10.1 Å². The summed E-state index contributed by atoms with van der Waals surface area (Å²) in [5.41, 5.74) is 0. The summed E-state index contributed by atoms with van der Waals surface area (Å²) in [5.74, 6) is 1.09. The largest absolute Gasteiger partial charge is 0.505 e. The first kappa shape index (κ1) is 9.68. The number of rotatable bonds is 2. The Morgan fingerprint density at radius 2 is 2.29 bits per heavy atom. The van der Waals surface area contributed by atoms with Gasteiger partial charge in [0.2, 0.25) is 0 Å². The Balaban J connectivity index is 2.56. The highest BCUT2D eigenvalue weighted by atomic mass is 32.2. The van der Waals surface area contributed by atoms with Gasteiger partial charge >= 0.3 is 0 Å². The molecular formula is C10H10O2S2. The van der Waals surface area contributed by atoms with Crippen LogP contribution in [0.3, 0.4) is 0 Å². The van der Waals surface area contributed by atoms with Crippen LogP contribution in [0.25, 0.3) is 10.1 Å². The number of ether oxygens (including phenoxy) is 1. The van der Waals surface area contributed by atoms with Gasteiger partial charge in [0.05, 0.1) is 10.8 Å². The first-order valence-corrected chi connectivity index (χ1v) is 5.56. The molecule has 1 aromatic heterocycles. The second-order valence-corrected chi connectivity index (χ2v) is 4.65. The summed E-state index contributed by atoms with van der Waals surface area (Å²) in [4.78, 5) is 0. The minimum absolute atomic E-state index is 0.261. The van der Waals surface area contributed by atoms with Gasteiger partial charge in [0.25, 0.3) is 0 Å². The first-order chi connectivity index (χ1) is 6.72. The van der Waals surface area contributed by atoms with Crippen molar-refractivity contribution >= 4 is 34.1 Å². The fourth-order valence-electron chi connectivity index (χ4n) is 1.31. The molecule has 0 unspecified atom stereocenters. The molecule has 0 aliphatic rings. The lowest BCUT2D eigenvalue weighted by molar-refractivity contribution is 0.341. The summed E-state index contributed by atoms with van der Waals surface area (Å²) in [6, 6.07) is 5.63. The molecule has 0 fully saturated rings. The van der Waals surface area contributed by atoms with E-state index in [1.807, 2.05) is 25.1 Å². The Labute approximate surface area is 91.5 Å². The van der Waals surface area contributed by atoms with Crippen LogP contribution in [0, 0.1) is 0 Å². The molecule has 0 aliphatic heterocycles. The first-order valence-electron chi connectivity index (χ1n) is 4.29. The number of benzene rings is 1. The fourth-order valence-corrected chi connectivity index (χ4v) is 2.59. The molecule has 2 rings (SSSR count). The van der Waals surface area contributed by atoms with Gasteiger partial charge in [-0.1, -0.05) is 0 Å². The van der Waals surface area contributed by atoms with E-state index >= 15 is 0 Å². The van der Waals surface area contributed by atoms with Gasteiger partial charge in [-0.15, -0.1) is 24.0 Å². The molecule has 0 amide bonds. The molecular weight excluding hydrogens is 216 g/mol. The van der Waals surface area contributed by atoms with Crippen molar-refractivity contribution in [2.24, 2.45) is 0 Å². The molecule has 2 nitrogen and oxygen atoms in total. The molecule has 2 aromatic rings. The molecule has 74 valence electrons. The monoisotopic (exact) mass is 226 g/mol. The van der Waals surface area contributed by atoms with Gasteiger partial charge in [-0.2, -0.15) is 0 Å². The van der Waals surface area contributed by atoms with Crippen molar-refractivity contribution < 1.29 is 9.84 Å². The number of aromatic hydroxyl groups is 1. The van der Waals surface area contributed by atoms with Crippen LogP contribution in [0.4, 0.5) is 0 Å². The van der Waals surface area contributed by atoms with E-state index in [1.165, 1.54) is 11.3 Å². The van der Waals surface area contributed by atoms with Gasteiger partial charge in [-0.3, -0.25) is 0 Å². The van der Waals surface area contributed by atoms with Crippen molar-refractivity contribution in [1.82, 2.24) is 0 Å². The third-order valence-corrected chi connectivity index (χ3v) is 3.36. The Morgan fingerprint density at radius 1 is 1.50 bits per heavy atom. The fraction of sp³-hybridized carbons (Fsp3) is 0.200. The van der Waals surface area contributed by atoms with Crippen molar-refractivity contribution in [2.75, 3.05) is 6.61 Å². The van der Waals surface area contributed by atoms with Crippen molar-refractivity contribution in [3.63, 3.8) is 0 Å². The third-order valence-electron chi connectivity index (χ3n) is 1.93. The molecule has 0 radical (unpaired) electrons. The minimum atomic E-state index is 0.261. The van der Waals surface area contributed by atoms with Crippen LogP contribution in [-0.4, -0.2) is 11.7 Å². The quantitative estimate of drug-likeness (QED) is 0.769. The SMILES string of the molecule is CCOc1ccc2c(O)c(S)sc2c1. The van der Waals surface area contributed by atoms with Crippen LogP contribution in [0.5, 0.6) is 11.5 Å². The van der Waals surface area contributed by atoms with Crippen LogP contribution in [0.1, 0.15) is 6.92 Å². The summed E-state index contributed by atoms with van der Waals surface area (Å²) in [7, 11) is 0. The third kappa shape index (κ3) is 1.55. The van der Waals surface area contributed by atoms with Gasteiger partial charge in [-0.05, 0) is 25.1 Å². The highest BCUT2D eigenvalue weighted by Gasteiger charge is 2.08. The highest BCUT2D eigenvalue weighted by molar-refractivity contribution is 7.83. The second kappa shape index (κ2) is 3.71. The molecule has 4 heteroatoms. The molecule has 1 aromatic carbocycles. The predicted molar refractivity (Wildman–Crippen MR) is 61.9 cm³/mol. The van der Waals surface area contributed by atoms with Crippen LogP contribution in [0.15, 0.2) is 22.4 Å². The summed E-state index contributed by atoms with van der Waals surface area (Å²) in [5, 5.41) is 10.4. The normalized spacial score (nSPS) is 10.7. The average Bonchev–Trinajstić information content (AvgIpc) is 2.43. The molecule has 0 saturated carbocycles. The molecule has 0 saturated heterocycles. The standard InChI is InChI=1S/C10H10O2S2/c1-2-12-6-3-4-7-8(5-6)14-10(13)9(7)11/h3-5,11,13H,2H2,1H3. The summed E-state index contributed by atoms with van der Waals surface area (Å²) >= 11 is 5.62. The molecule has 0 atom stereocenters. The Hall–Kier alpha value is -0.870. The zero-order valence-corrected chi connectivity index (χ0v) is 9.36. The number of thiophene rings is 1. The van der Waals surface area contributed by atoms with E-state index in [9.17, 15) is 5.11 Å². The van der Waals surface area contributed by atoms with E-state index in [1.54, 1.807) is 0 Å². The second-order valence-electron chi connectivity index (χ2n) is 2.85. The highest BCUT2D eigenvalue weighted by Crippen LogP contribution is 2.40.